The van der Waals surface area contributed by atoms with E-state index in [0.29, 0.717) is 28.1 Å². The molecule has 3 aromatic rings. The number of aromatic nitrogens is 3. The molecule has 7 nitrogen and oxygen atoms in total. The maximum absolute atomic E-state index is 11.8. The van der Waals surface area contributed by atoms with Crippen LogP contribution in [-0.2, 0) is 4.79 Å². The summed E-state index contributed by atoms with van der Waals surface area (Å²) in [4.78, 5) is 16.7. The van der Waals surface area contributed by atoms with Crippen molar-refractivity contribution in [3.63, 3.8) is 0 Å². The smallest absolute Gasteiger partial charge is 0.218 e. The van der Waals surface area contributed by atoms with Gasteiger partial charge in [-0.15, -0.1) is 10.2 Å². The molecular weight excluding hydrogens is 378 g/mol. The van der Waals surface area contributed by atoms with E-state index >= 15 is 0 Å². The Hall–Kier alpha value is -3.19. The molecule has 1 aliphatic heterocycles. The highest BCUT2D eigenvalue weighted by Gasteiger charge is 2.28. The van der Waals surface area contributed by atoms with Gasteiger partial charge in [0.15, 0.2) is 12.0 Å². The van der Waals surface area contributed by atoms with E-state index in [2.05, 4.69) is 15.5 Å². The van der Waals surface area contributed by atoms with Crippen LogP contribution in [0.1, 0.15) is 35.9 Å². The number of benzene rings is 2. The van der Waals surface area contributed by atoms with Crippen molar-refractivity contribution < 1.29 is 9.53 Å². The molecule has 1 aliphatic rings. The van der Waals surface area contributed by atoms with E-state index in [1.54, 1.807) is 7.11 Å². The summed E-state index contributed by atoms with van der Waals surface area (Å²) < 4.78 is 7.33. The molecule has 0 unspecified atom stereocenters. The van der Waals surface area contributed by atoms with Gasteiger partial charge in [0, 0.05) is 23.1 Å². The molecule has 0 saturated heterocycles. The minimum absolute atomic E-state index is 0.208. The van der Waals surface area contributed by atoms with Gasteiger partial charge < -0.3 is 10.1 Å². The first kappa shape index (κ1) is 18.2. The topological polar surface area (TPSA) is 81.4 Å². The van der Waals surface area contributed by atoms with Crippen molar-refractivity contribution in [3.05, 3.63) is 70.3 Å². The highest BCUT2D eigenvalue weighted by atomic mass is 35.5. The fourth-order valence-corrected chi connectivity index (χ4v) is 3.39. The third-order valence-electron chi connectivity index (χ3n) is 4.51. The van der Waals surface area contributed by atoms with E-state index in [-0.39, 0.29) is 5.91 Å². The van der Waals surface area contributed by atoms with Gasteiger partial charge in [0.25, 0.3) is 0 Å². The number of hydrogen-bond acceptors (Lipinski definition) is 5. The van der Waals surface area contributed by atoms with Gasteiger partial charge in [0.05, 0.1) is 18.5 Å². The number of ether oxygens (including phenoxy) is 1. The minimum Gasteiger partial charge on any atom is -0.497 e. The lowest BCUT2D eigenvalue weighted by atomic mass is 10.00. The van der Waals surface area contributed by atoms with E-state index in [9.17, 15) is 4.79 Å². The van der Waals surface area contributed by atoms with Crippen molar-refractivity contribution in [2.24, 2.45) is 4.99 Å². The van der Waals surface area contributed by atoms with Crippen LogP contribution in [0.15, 0.2) is 47.5 Å². The minimum atomic E-state index is -0.678. The first-order valence-electron chi connectivity index (χ1n) is 8.69. The molecular formula is C20H18ClN5O2. The summed E-state index contributed by atoms with van der Waals surface area (Å²) in [7, 11) is 1.62. The quantitative estimate of drug-likeness (QED) is 0.738. The van der Waals surface area contributed by atoms with E-state index in [1.165, 1.54) is 6.92 Å². The molecule has 8 heteroatoms. The number of fused-ring (bicyclic) bond motifs is 3. The summed E-state index contributed by atoms with van der Waals surface area (Å²) in [6.07, 6.45) is -0.678. The highest BCUT2D eigenvalue weighted by molar-refractivity contribution is 6.30. The Morgan fingerprint density at radius 2 is 1.93 bits per heavy atom. The molecule has 0 spiro atoms. The van der Waals surface area contributed by atoms with E-state index < -0.39 is 6.17 Å². The lowest BCUT2D eigenvalue weighted by Crippen LogP contribution is -2.27. The molecule has 0 fully saturated rings. The van der Waals surface area contributed by atoms with Crippen LogP contribution in [0, 0.1) is 6.92 Å². The summed E-state index contributed by atoms with van der Waals surface area (Å²) in [5, 5.41) is 12.0. The molecule has 0 aliphatic carbocycles. The van der Waals surface area contributed by atoms with Crippen LogP contribution in [0.2, 0.25) is 5.02 Å². The molecule has 1 N–H and O–H groups in total. The third kappa shape index (κ3) is 3.14. The molecule has 1 amide bonds. The summed E-state index contributed by atoms with van der Waals surface area (Å²) in [5.74, 6) is 1.73. The second kappa shape index (κ2) is 7.09. The maximum Gasteiger partial charge on any atom is 0.218 e. The fourth-order valence-electron chi connectivity index (χ4n) is 3.26. The fraction of sp³-hybridized carbons (Fsp3) is 0.200. The summed E-state index contributed by atoms with van der Waals surface area (Å²) in [6, 6.07) is 13.1. The van der Waals surface area contributed by atoms with Crippen LogP contribution in [0.25, 0.3) is 5.69 Å². The van der Waals surface area contributed by atoms with E-state index in [1.807, 2.05) is 54.0 Å². The number of aryl methyl sites for hydroxylation is 1. The van der Waals surface area contributed by atoms with Crippen LogP contribution >= 0.6 is 11.6 Å². The first-order valence-corrected chi connectivity index (χ1v) is 9.07. The van der Waals surface area contributed by atoms with Gasteiger partial charge in [-0.1, -0.05) is 23.7 Å². The summed E-state index contributed by atoms with van der Waals surface area (Å²) in [5.41, 5.74) is 3.28. The van der Waals surface area contributed by atoms with Gasteiger partial charge in [-0.3, -0.25) is 14.4 Å². The molecule has 0 radical (unpaired) electrons. The van der Waals surface area contributed by atoms with E-state index in [4.69, 9.17) is 21.3 Å². The lowest BCUT2D eigenvalue weighted by Gasteiger charge is -2.14. The zero-order chi connectivity index (χ0) is 19.8. The molecule has 142 valence electrons. The van der Waals surface area contributed by atoms with E-state index in [0.717, 1.165) is 16.8 Å². The van der Waals surface area contributed by atoms with Crippen molar-refractivity contribution in [2.45, 2.75) is 20.0 Å². The number of nitrogens with zero attached hydrogens (tertiary/aromatic N) is 4. The molecule has 2 heterocycles. The largest absolute Gasteiger partial charge is 0.497 e. The molecule has 1 aromatic heterocycles. The van der Waals surface area contributed by atoms with Crippen molar-refractivity contribution in [2.75, 3.05) is 7.11 Å². The van der Waals surface area contributed by atoms with Gasteiger partial charge in [-0.05, 0) is 37.3 Å². The Bertz CT molecular complexity index is 1090. The Morgan fingerprint density at radius 1 is 1.18 bits per heavy atom. The standard InChI is InChI=1S/C20H18ClN5O2/c1-11-24-25-20-19(22-12(2)27)23-18(13-4-6-14(21)7-5-13)16-10-15(28-3)8-9-17(16)26(11)20/h4-10,19H,1-3H3,(H,22,27)/t19-/m1/s1. The maximum atomic E-state index is 11.8. The molecule has 0 saturated carbocycles. The lowest BCUT2D eigenvalue weighted by molar-refractivity contribution is -0.119. The summed E-state index contributed by atoms with van der Waals surface area (Å²) in [6.45, 7) is 3.31. The number of carbonyl (C=O) groups excluding carboxylic acids is 1. The normalized spacial score (nSPS) is 15.1. The summed E-state index contributed by atoms with van der Waals surface area (Å²) >= 11 is 6.07. The molecule has 28 heavy (non-hydrogen) atoms. The van der Waals surface area contributed by atoms with Gasteiger partial charge in [-0.25, -0.2) is 0 Å². The van der Waals surface area contributed by atoms with Crippen molar-refractivity contribution in [3.8, 4) is 11.4 Å². The number of aliphatic imine (C=N–C) groups is 1. The third-order valence-corrected chi connectivity index (χ3v) is 4.76. The number of carbonyl (C=O) groups is 1. The average Bonchev–Trinajstić information content (AvgIpc) is 3.00. The number of hydrogen-bond donors (Lipinski definition) is 1. The Balaban J connectivity index is 2.02. The predicted molar refractivity (Wildman–Crippen MR) is 106 cm³/mol. The van der Waals surface area contributed by atoms with Crippen molar-refractivity contribution in [1.82, 2.24) is 20.1 Å². The monoisotopic (exact) mass is 395 g/mol. The van der Waals surface area contributed by atoms with Crippen LogP contribution in [0.3, 0.4) is 0 Å². The van der Waals surface area contributed by atoms with Gasteiger partial charge in [0.1, 0.15) is 11.6 Å². The number of nitrogens with one attached hydrogen (secondary N) is 1. The van der Waals surface area contributed by atoms with Gasteiger partial charge in [0.2, 0.25) is 5.91 Å². The zero-order valence-electron chi connectivity index (χ0n) is 15.6. The van der Waals surface area contributed by atoms with Crippen LogP contribution in [0.5, 0.6) is 5.75 Å². The molecule has 1 atom stereocenters. The van der Waals surface area contributed by atoms with Crippen LogP contribution in [0.4, 0.5) is 0 Å². The Kier molecular flexibility index (Phi) is 4.60. The van der Waals surface area contributed by atoms with Gasteiger partial charge >= 0.3 is 0 Å². The first-order chi connectivity index (χ1) is 13.5. The second-order valence-corrected chi connectivity index (χ2v) is 6.85. The van der Waals surface area contributed by atoms with Crippen molar-refractivity contribution in [1.29, 1.82) is 0 Å². The molecule has 2 aromatic carbocycles. The SMILES string of the molecule is COc1ccc2c(c1)C(c1ccc(Cl)cc1)=N[C@@H](NC(C)=O)c1nnc(C)n1-2. The number of halogens is 1. The van der Waals surface area contributed by atoms with Crippen molar-refractivity contribution >= 4 is 23.2 Å². The van der Waals surface area contributed by atoms with Gasteiger partial charge in [-0.2, -0.15) is 0 Å². The average molecular weight is 396 g/mol. The predicted octanol–water partition coefficient (Wildman–Crippen LogP) is 3.22. The van der Waals surface area contributed by atoms with Crippen LogP contribution < -0.4 is 10.1 Å². The number of rotatable bonds is 3. The Labute approximate surface area is 167 Å². The number of amides is 1. The highest BCUT2D eigenvalue weighted by Crippen LogP contribution is 2.32. The van der Waals surface area contributed by atoms with Crippen LogP contribution in [-0.4, -0.2) is 33.5 Å². The molecule has 0 bridgehead atoms. The number of methoxy groups -OCH3 is 1. The second-order valence-electron chi connectivity index (χ2n) is 6.41. The molecule has 4 rings (SSSR count). The Morgan fingerprint density at radius 3 is 2.61 bits per heavy atom. The zero-order valence-corrected chi connectivity index (χ0v) is 16.4.